The van der Waals surface area contributed by atoms with E-state index in [2.05, 4.69) is 10.6 Å². The van der Waals surface area contributed by atoms with Crippen LogP contribution in [0.3, 0.4) is 0 Å². The summed E-state index contributed by atoms with van der Waals surface area (Å²) in [6, 6.07) is 11.9. The van der Waals surface area contributed by atoms with E-state index in [1.165, 1.54) is 0 Å². The first-order valence-electron chi connectivity index (χ1n) is 7.82. The molecule has 0 unspecified atom stereocenters. The summed E-state index contributed by atoms with van der Waals surface area (Å²) >= 11 is 5.96. The number of hydrogen-bond donors (Lipinski definition) is 2. The summed E-state index contributed by atoms with van der Waals surface area (Å²) in [4.78, 5) is 24.3. The van der Waals surface area contributed by atoms with E-state index in [1.54, 1.807) is 36.4 Å². The number of aryl methyl sites for hydroxylation is 1. The van der Waals surface area contributed by atoms with E-state index in [-0.39, 0.29) is 11.8 Å². The van der Waals surface area contributed by atoms with Gasteiger partial charge in [0.2, 0.25) is 0 Å². The maximum absolute atomic E-state index is 12.3. The maximum atomic E-state index is 12.3. The second kappa shape index (κ2) is 7.97. The number of carbonyl (C=O) groups is 2. The molecule has 0 bridgehead atoms. The standard InChI is InChI=1S/C19H21ClN2O2/c1-12(2)11-21-18(23)14-5-7-15(8-6-14)19(24)22-17-10-16(20)9-4-13(17)3/h4-10,12H,11H2,1-3H3,(H,21,23)(H,22,24). The molecule has 0 saturated heterocycles. The number of carbonyl (C=O) groups excluding carboxylic acids is 2. The van der Waals surface area contributed by atoms with Gasteiger partial charge in [-0.3, -0.25) is 9.59 Å². The van der Waals surface area contributed by atoms with Gasteiger partial charge in [-0.25, -0.2) is 0 Å². The van der Waals surface area contributed by atoms with Crippen LogP contribution < -0.4 is 10.6 Å². The largest absolute Gasteiger partial charge is 0.352 e. The molecule has 0 saturated carbocycles. The molecule has 0 heterocycles. The zero-order valence-electron chi connectivity index (χ0n) is 14.0. The van der Waals surface area contributed by atoms with Gasteiger partial charge in [0.25, 0.3) is 11.8 Å². The highest BCUT2D eigenvalue weighted by atomic mass is 35.5. The average molecular weight is 345 g/mol. The van der Waals surface area contributed by atoms with Crippen LogP contribution in [-0.2, 0) is 0 Å². The minimum Gasteiger partial charge on any atom is -0.352 e. The number of anilines is 1. The summed E-state index contributed by atoms with van der Waals surface area (Å²) in [5, 5.41) is 6.24. The van der Waals surface area contributed by atoms with Gasteiger partial charge < -0.3 is 10.6 Å². The van der Waals surface area contributed by atoms with Crippen LogP contribution in [0.15, 0.2) is 42.5 Å². The predicted molar refractivity (Wildman–Crippen MR) is 97.8 cm³/mol. The third-order valence-electron chi connectivity index (χ3n) is 3.53. The molecule has 2 amide bonds. The molecule has 24 heavy (non-hydrogen) atoms. The Kier molecular flexibility index (Phi) is 5.99. The van der Waals surface area contributed by atoms with E-state index in [0.717, 1.165) is 5.56 Å². The lowest BCUT2D eigenvalue weighted by Crippen LogP contribution is -2.27. The van der Waals surface area contributed by atoms with Gasteiger partial charge >= 0.3 is 0 Å². The van der Waals surface area contributed by atoms with Gasteiger partial charge in [-0.15, -0.1) is 0 Å². The first-order valence-corrected chi connectivity index (χ1v) is 8.20. The van der Waals surface area contributed by atoms with Gasteiger partial charge in [-0.2, -0.15) is 0 Å². The van der Waals surface area contributed by atoms with Gasteiger partial charge in [0.15, 0.2) is 0 Å². The number of nitrogens with one attached hydrogen (secondary N) is 2. The Morgan fingerprint density at radius 3 is 2.17 bits per heavy atom. The minimum absolute atomic E-state index is 0.138. The quantitative estimate of drug-likeness (QED) is 0.850. The third-order valence-corrected chi connectivity index (χ3v) is 3.76. The van der Waals surface area contributed by atoms with Crippen molar-refractivity contribution in [3.8, 4) is 0 Å². The van der Waals surface area contributed by atoms with E-state index in [0.29, 0.717) is 34.3 Å². The zero-order valence-corrected chi connectivity index (χ0v) is 14.8. The molecule has 0 radical (unpaired) electrons. The number of rotatable bonds is 5. The number of hydrogen-bond acceptors (Lipinski definition) is 2. The number of amides is 2. The van der Waals surface area contributed by atoms with Crippen molar-refractivity contribution >= 4 is 29.1 Å². The molecule has 2 rings (SSSR count). The summed E-state index contributed by atoms with van der Waals surface area (Å²) in [5.74, 6) is 0.00999. The van der Waals surface area contributed by atoms with Gasteiger partial charge in [0.1, 0.15) is 0 Å². The lowest BCUT2D eigenvalue weighted by molar-refractivity contribution is 0.0947. The fraction of sp³-hybridized carbons (Fsp3) is 0.263. The van der Waals surface area contributed by atoms with Crippen molar-refractivity contribution in [3.63, 3.8) is 0 Å². The lowest BCUT2D eigenvalue weighted by Gasteiger charge is -2.10. The molecular formula is C19H21ClN2O2. The van der Waals surface area contributed by atoms with E-state index >= 15 is 0 Å². The highest BCUT2D eigenvalue weighted by molar-refractivity contribution is 6.31. The van der Waals surface area contributed by atoms with E-state index < -0.39 is 0 Å². The molecular weight excluding hydrogens is 324 g/mol. The van der Waals surface area contributed by atoms with Gasteiger partial charge in [-0.05, 0) is 54.8 Å². The first-order chi connectivity index (χ1) is 11.4. The van der Waals surface area contributed by atoms with Crippen LogP contribution >= 0.6 is 11.6 Å². The molecule has 4 nitrogen and oxygen atoms in total. The molecule has 2 aromatic carbocycles. The molecule has 0 fully saturated rings. The van der Waals surface area contributed by atoms with Crippen molar-refractivity contribution in [2.24, 2.45) is 5.92 Å². The Labute approximate surface area is 147 Å². The summed E-state index contributed by atoms with van der Waals surface area (Å²) in [6.07, 6.45) is 0. The monoisotopic (exact) mass is 344 g/mol. The minimum atomic E-state index is -0.241. The molecule has 2 aromatic rings. The third kappa shape index (κ3) is 4.83. The fourth-order valence-electron chi connectivity index (χ4n) is 2.10. The summed E-state index contributed by atoms with van der Waals surface area (Å²) in [5.41, 5.74) is 2.62. The van der Waals surface area contributed by atoms with Crippen molar-refractivity contribution in [2.75, 3.05) is 11.9 Å². The summed E-state index contributed by atoms with van der Waals surface area (Å²) < 4.78 is 0. The van der Waals surface area contributed by atoms with Crippen LogP contribution in [0, 0.1) is 12.8 Å². The van der Waals surface area contributed by atoms with Gasteiger partial charge in [-0.1, -0.05) is 31.5 Å². The van der Waals surface area contributed by atoms with Crippen molar-refractivity contribution in [2.45, 2.75) is 20.8 Å². The Hall–Kier alpha value is -2.33. The van der Waals surface area contributed by atoms with Gasteiger partial charge in [0, 0.05) is 28.4 Å². The molecule has 126 valence electrons. The van der Waals surface area contributed by atoms with Crippen molar-refractivity contribution < 1.29 is 9.59 Å². The van der Waals surface area contributed by atoms with E-state index in [9.17, 15) is 9.59 Å². The second-order valence-corrected chi connectivity index (χ2v) is 6.53. The van der Waals surface area contributed by atoms with Crippen LogP contribution in [0.5, 0.6) is 0 Å². The van der Waals surface area contributed by atoms with Crippen molar-refractivity contribution in [1.82, 2.24) is 5.32 Å². The van der Waals surface area contributed by atoms with Crippen LogP contribution in [0.25, 0.3) is 0 Å². The number of halogens is 1. The summed E-state index contributed by atoms with van der Waals surface area (Å²) in [7, 11) is 0. The second-order valence-electron chi connectivity index (χ2n) is 6.09. The Bertz CT molecular complexity index is 740. The molecule has 2 N–H and O–H groups in total. The highest BCUT2D eigenvalue weighted by Gasteiger charge is 2.10. The molecule has 0 aliphatic heterocycles. The Morgan fingerprint density at radius 1 is 1.00 bits per heavy atom. The van der Waals surface area contributed by atoms with Crippen LogP contribution in [-0.4, -0.2) is 18.4 Å². The molecule has 0 atom stereocenters. The smallest absolute Gasteiger partial charge is 0.255 e. The van der Waals surface area contributed by atoms with Crippen LogP contribution in [0.2, 0.25) is 5.02 Å². The highest BCUT2D eigenvalue weighted by Crippen LogP contribution is 2.21. The van der Waals surface area contributed by atoms with Crippen molar-refractivity contribution in [3.05, 3.63) is 64.2 Å². The summed E-state index contributed by atoms with van der Waals surface area (Å²) in [6.45, 7) is 6.58. The SMILES string of the molecule is Cc1ccc(Cl)cc1NC(=O)c1ccc(C(=O)NCC(C)C)cc1. The maximum Gasteiger partial charge on any atom is 0.255 e. The Balaban J connectivity index is 2.06. The molecule has 5 heteroatoms. The molecule has 0 spiro atoms. The van der Waals surface area contributed by atoms with Crippen LogP contribution in [0.1, 0.15) is 40.1 Å². The van der Waals surface area contributed by atoms with Crippen LogP contribution in [0.4, 0.5) is 5.69 Å². The Morgan fingerprint density at radius 2 is 1.58 bits per heavy atom. The van der Waals surface area contributed by atoms with E-state index in [1.807, 2.05) is 26.8 Å². The number of benzene rings is 2. The lowest BCUT2D eigenvalue weighted by atomic mass is 10.1. The normalized spacial score (nSPS) is 10.5. The average Bonchev–Trinajstić information content (AvgIpc) is 2.56. The topological polar surface area (TPSA) is 58.2 Å². The zero-order chi connectivity index (χ0) is 17.7. The fourth-order valence-corrected chi connectivity index (χ4v) is 2.27. The van der Waals surface area contributed by atoms with E-state index in [4.69, 9.17) is 11.6 Å². The first kappa shape index (κ1) is 18.0. The van der Waals surface area contributed by atoms with Crippen molar-refractivity contribution in [1.29, 1.82) is 0 Å². The van der Waals surface area contributed by atoms with Gasteiger partial charge in [0.05, 0.1) is 0 Å². The molecule has 0 aliphatic carbocycles. The molecule has 0 aromatic heterocycles. The predicted octanol–water partition coefficient (Wildman–Crippen LogP) is 4.29. The molecule has 0 aliphatic rings.